The number of hydrogen-bond acceptors (Lipinski definition) is 4. The Balaban J connectivity index is 1.97. The van der Waals surface area contributed by atoms with Gasteiger partial charge in [0.1, 0.15) is 18.7 Å². The van der Waals surface area contributed by atoms with Gasteiger partial charge in [0, 0.05) is 6.54 Å². The molecule has 0 aliphatic carbocycles. The van der Waals surface area contributed by atoms with Crippen LogP contribution in [0, 0.1) is 11.9 Å². The summed E-state index contributed by atoms with van der Waals surface area (Å²) < 4.78 is 19.9. The van der Waals surface area contributed by atoms with Crippen molar-refractivity contribution in [2.75, 3.05) is 0 Å². The molecule has 0 saturated carbocycles. The monoisotopic (exact) mass is 250 g/mol. The molecular weight excluding hydrogens is 235 g/mol. The maximum absolute atomic E-state index is 12.6. The molecule has 0 N–H and O–H groups in total. The number of rotatable bonds is 5. The Morgan fingerprint density at radius 1 is 1.33 bits per heavy atom. The quantitative estimate of drug-likeness (QED) is 0.762. The molecule has 0 radical (unpaired) electrons. The normalized spacial score (nSPS) is 10.9. The first kappa shape index (κ1) is 12.5. The molecule has 2 heterocycles. The minimum Gasteiger partial charge on any atom is -0.484 e. The number of aromatic nitrogens is 4. The third-order valence-electron chi connectivity index (χ3n) is 2.30. The van der Waals surface area contributed by atoms with E-state index in [0.717, 1.165) is 12.4 Å². The highest BCUT2D eigenvalue weighted by Gasteiger charge is 2.07. The van der Waals surface area contributed by atoms with E-state index in [4.69, 9.17) is 4.74 Å². The van der Waals surface area contributed by atoms with Crippen LogP contribution in [-0.4, -0.2) is 19.7 Å². The lowest BCUT2D eigenvalue weighted by molar-refractivity contribution is 0.281. The molecule has 5 nitrogen and oxygen atoms in total. The fourth-order valence-electron chi connectivity index (χ4n) is 1.49. The second kappa shape index (κ2) is 5.57. The van der Waals surface area contributed by atoms with Crippen LogP contribution in [0.1, 0.15) is 19.7 Å². The summed E-state index contributed by atoms with van der Waals surface area (Å²) in [7, 11) is 0. The van der Waals surface area contributed by atoms with Crippen molar-refractivity contribution in [2.45, 2.75) is 27.0 Å². The molecule has 0 amide bonds. The van der Waals surface area contributed by atoms with Crippen LogP contribution in [0.2, 0.25) is 0 Å². The summed E-state index contributed by atoms with van der Waals surface area (Å²) in [6, 6.07) is 2.79. The van der Waals surface area contributed by atoms with Crippen LogP contribution in [0.5, 0.6) is 5.75 Å². The lowest BCUT2D eigenvalue weighted by Crippen LogP contribution is -2.12. The fraction of sp³-hybridized carbons (Fsp3) is 0.417. The van der Waals surface area contributed by atoms with E-state index in [1.165, 1.54) is 24.7 Å². The van der Waals surface area contributed by atoms with Gasteiger partial charge < -0.3 is 4.74 Å². The van der Waals surface area contributed by atoms with Gasteiger partial charge in [-0.25, -0.2) is 14.6 Å². The zero-order valence-electron chi connectivity index (χ0n) is 10.4. The van der Waals surface area contributed by atoms with E-state index >= 15 is 0 Å². The molecule has 0 aromatic carbocycles. The molecule has 6 heteroatoms. The van der Waals surface area contributed by atoms with Crippen molar-refractivity contribution in [3.63, 3.8) is 0 Å². The summed E-state index contributed by atoms with van der Waals surface area (Å²) in [6.07, 6.45) is 2.85. The fourth-order valence-corrected chi connectivity index (χ4v) is 1.49. The van der Waals surface area contributed by atoms with Crippen molar-refractivity contribution >= 4 is 0 Å². The van der Waals surface area contributed by atoms with Crippen molar-refractivity contribution in [2.24, 2.45) is 5.92 Å². The molecule has 0 aliphatic rings. The molecule has 0 spiro atoms. The lowest BCUT2D eigenvalue weighted by atomic mass is 10.2. The number of ether oxygens (including phenoxy) is 1. The van der Waals surface area contributed by atoms with E-state index < -0.39 is 5.95 Å². The topological polar surface area (TPSA) is 52.8 Å². The van der Waals surface area contributed by atoms with E-state index in [1.807, 2.05) is 4.68 Å². The first-order valence-electron chi connectivity index (χ1n) is 5.76. The molecule has 0 bridgehead atoms. The van der Waals surface area contributed by atoms with Gasteiger partial charge >= 0.3 is 0 Å². The molecule has 0 fully saturated rings. The molecule has 0 aliphatic heterocycles. The Kier molecular flexibility index (Phi) is 3.86. The van der Waals surface area contributed by atoms with Crippen LogP contribution in [0.25, 0.3) is 0 Å². The molecule has 0 saturated heterocycles. The standard InChI is InChI=1S/C12H15FN4O/c1-9(2)6-17-12(15-8-16-17)7-18-10-3-4-11(13)14-5-10/h3-5,8-9H,6-7H2,1-2H3. The molecule has 0 atom stereocenters. The summed E-state index contributed by atoms with van der Waals surface area (Å²) >= 11 is 0. The predicted octanol–water partition coefficient (Wildman–Crippen LogP) is 2.05. The maximum atomic E-state index is 12.6. The van der Waals surface area contributed by atoms with Crippen molar-refractivity contribution in [1.82, 2.24) is 19.7 Å². The number of nitrogens with zero attached hydrogens (tertiary/aromatic N) is 4. The van der Waals surface area contributed by atoms with Crippen LogP contribution in [0.4, 0.5) is 4.39 Å². The number of halogens is 1. The Morgan fingerprint density at radius 3 is 2.83 bits per heavy atom. The molecule has 0 unspecified atom stereocenters. The van der Waals surface area contributed by atoms with Crippen LogP contribution in [0.3, 0.4) is 0 Å². The number of hydrogen-bond donors (Lipinski definition) is 0. The molecule has 18 heavy (non-hydrogen) atoms. The SMILES string of the molecule is CC(C)Cn1ncnc1COc1ccc(F)nc1. The Morgan fingerprint density at radius 2 is 2.17 bits per heavy atom. The zero-order chi connectivity index (χ0) is 13.0. The van der Waals surface area contributed by atoms with Gasteiger partial charge in [0.05, 0.1) is 6.20 Å². The van der Waals surface area contributed by atoms with Crippen LogP contribution in [0.15, 0.2) is 24.7 Å². The average molecular weight is 250 g/mol. The first-order chi connectivity index (χ1) is 8.65. The van der Waals surface area contributed by atoms with Gasteiger partial charge in [-0.05, 0) is 18.1 Å². The van der Waals surface area contributed by atoms with Crippen molar-refractivity contribution in [3.8, 4) is 5.75 Å². The highest BCUT2D eigenvalue weighted by atomic mass is 19.1. The van der Waals surface area contributed by atoms with Gasteiger partial charge in [-0.15, -0.1) is 0 Å². The number of pyridine rings is 1. The summed E-state index contributed by atoms with van der Waals surface area (Å²) in [5, 5.41) is 4.13. The third kappa shape index (κ3) is 3.26. The summed E-state index contributed by atoms with van der Waals surface area (Å²) in [6.45, 7) is 5.30. The van der Waals surface area contributed by atoms with Gasteiger partial charge in [-0.1, -0.05) is 13.8 Å². The summed E-state index contributed by atoms with van der Waals surface area (Å²) in [4.78, 5) is 7.65. The van der Waals surface area contributed by atoms with E-state index in [9.17, 15) is 4.39 Å². The molecular formula is C12H15FN4O. The lowest BCUT2D eigenvalue weighted by Gasteiger charge is -2.09. The second-order valence-electron chi connectivity index (χ2n) is 4.36. The van der Waals surface area contributed by atoms with Crippen molar-refractivity contribution in [1.29, 1.82) is 0 Å². The van der Waals surface area contributed by atoms with Crippen molar-refractivity contribution in [3.05, 3.63) is 36.4 Å². The highest BCUT2D eigenvalue weighted by molar-refractivity contribution is 5.16. The molecule has 96 valence electrons. The van der Waals surface area contributed by atoms with Crippen molar-refractivity contribution < 1.29 is 9.13 Å². The van der Waals surface area contributed by atoms with Crippen LogP contribution >= 0.6 is 0 Å². The third-order valence-corrected chi connectivity index (χ3v) is 2.30. The van der Waals surface area contributed by atoms with Gasteiger partial charge in [0.2, 0.25) is 5.95 Å². The zero-order valence-corrected chi connectivity index (χ0v) is 10.4. The molecule has 2 aromatic heterocycles. The smallest absolute Gasteiger partial charge is 0.213 e. The average Bonchev–Trinajstić information content (AvgIpc) is 2.75. The van der Waals surface area contributed by atoms with Gasteiger partial charge in [0.25, 0.3) is 0 Å². The Bertz CT molecular complexity index is 495. The summed E-state index contributed by atoms with van der Waals surface area (Å²) in [5.41, 5.74) is 0. The first-order valence-corrected chi connectivity index (χ1v) is 5.76. The second-order valence-corrected chi connectivity index (χ2v) is 4.36. The summed E-state index contributed by atoms with van der Waals surface area (Å²) in [5.74, 6) is 1.21. The predicted molar refractivity (Wildman–Crippen MR) is 63.4 cm³/mol. The van der Waals surface area contributed by atoms with E-state index in [-0.39, 0.29) is 0 Å². The molecule has 2 rings (SSSR count). The van der Waals surface area contributed by atoms with E-state index in [1.54, 1.807) is 0 Å². The minimum absolute atomic E-state index is 0.292. The molecule has 2 aromatic rings. The van der Waals surface area contributed by atoms with E-state index in [2.05, 4.69) is 28.9 Å². The Hall–Kier alpha value is -1.98. The largest absolute Gasteiger partial charge is 0.484 e. The Labute approximate surface area is 105 Å². The highest BCUT2D eigenvalue weighted by Crippen LogP contribution is 2.11. The minimum atomic E-state index is -0.523. The van der Waals surface area contributed by atoms with Crippen LogP contribution < -0.4 is 4.74 Å². The maximum Gasteiger partial charge on any atom is 0.213 e. The van der Waals surface area contributed by atoms with E-state index in [0.29, 0.717) is 18.3 Å². The van der Waals surface area contributed by atoms with Gasteiger partial charge in [0.15, 0.2) is 5.82 Å². The van der Waals surface area contributed by atoms with Gasteiger partial charge in [-0.2, -0.15) is 9.49 Å². The van der Waals surface area contributed by atoms with Gasteiger partial charge in [-0.3, -0.25) is 0 Å². The van der Waals surface area contributed by atoms with Crippen LogP contribution in [-0.2, 0) is 13.2 Å².